The minimum Gasteiger partial charge on any atom is -0.486 e. The molecule has 1 saturated heterocycles. The van der Waals surface area contributed by atoms with E-state index in [2.05, 4.69) is 12.0 Å². The van der Waals surface area contributed by atoms with Gasteiger partial charge < -0.3 is 9.64 Å². The average molecular weight is 475 g/mol. The summed E-state index contributed by atoms with van der Waals surface area (Å²) in [6.45, 7) is 4.99. The molecular formula is C24H34N4O4S. The fraction of sp³-hybridized carbons (Fsp3) is 0.583. The zero-order chi connectivity index (χ0) is 23.3. The summed E-state index contributed by atoms with van der Waals surface area (Å²) in [5, 5.41) is 4.41. The van der Waals surface area contributed by atoms with Gasteiger partial charge in [-0.3, -0.25) is 4.79 Å². The SMILES string of the molecule is CCCCCOc1c(N2CCN(S(=O)(=O)Cc3ccccc3)CC2)cnn(CC2CC2)c1=O. The van der Waals surface area contributed by atoms with E-state index in [1.807, 2.05) is 35.2 Å². The highest BCUT2D eigenvalue weighted by molar-refractivity contribution is 7.88. The summed E-state index contributed by atoms with van der Waals surface area (Å²) in [7, 11) is -3.40. The summed E-state index contributed by atoms with van der Waals surface area (Å²) in [6.07, 6.45) is 7.02. The minimum absolute atomic E-state index is 0.00159. The number of hydrogen-bond donors (Lipinski definition) is 0. The highest BCUT2D eigenvalue weighted by Gasteiger charge is 2.30. The first kappa shape index (κ1) is 23.8. The van der Waals surface area contributed by atoms with E-state index in [1.165, 1.54) is 4.68 Å². The molecule has 1 aliphatic carbocycles. The number of ether oxygens (including phenoxy) is 1. The maximum Gasteiger partial charge on any atom is 0.311 e. The maximum atomic E-state index is 13.1. The van der Waals surface area contributed by atoms with E-state index in [1.54, 1.807) is 10.5 Å². The normalized spacial score (nSPS) is 17.3. The molecule has 0 amide bonds. The van der Waals surface area contributed by atoms with E-state index >= 15 is 0 Å². The number of piperazine rings is 1. The zero-order valence-corrected chi connectivity index (χ0v) is 20.2. The van der Waals surface area contributed by atoms with Gasteiger partial charge in [0.15, 0.2) is 0 Å². The third-order valence-electron chi connectivity index (χ3n) is 6.27. The monoisotopic (exact) mass is 474 g/mol. The molecule has 2 aromatic rings. The van der Waals surface area contributed by atoms with Gasteiger partial charge in [-0.15, -0.1) is 0 Å². The number of unbranched alkanes of at least 4 members (excludes halogenated alkanes) is 2. The molecule has 4 rings (SSSR count). The summed E-state index contributed by atoms with van der Waals surface area (Å²) in [4.78, 5) is 15.2. The molecule has 2 fully saturated rings. The molecule has 0 N–H and O–H groups in total. The van der Waals surface area contributed by atoms with Crippen molar-refractivity contribution in [1.29, 1.82) is 0 Å². The summed E-state index contributed by atoms with van der Waals surface area (Å²) >= 11 is 0. The molecule has 1 aromatic heterocycles. The van der Waals surface area contributed by atoms with E-state index in [0.29, 0.717) is 56.7 Å². The van der Waals surface area contributed by atoms with Crippen LogP contribution in [0, 0.1) is 5.92 Å². The van der Waals surface area contributed by atoms with Crippen molar-refractivity contribution in [2.45, 2.75) is 51.3 Å². The molecular weight excluding hydrogens is 440 g/mol. The number of benzene rings is 1. The Morgan fingerprint density at radius 3 is 2.45 bits per heavy atom. The molecule has 2 aliphatic rings. The van der Waals surface area contributed by atoms with Crippen molar-refractivity contribution >= 4 is 15.7 Å². The Hall–Kier alpha value is -2.39. The van der Waals surface area contributed by atoms with Crippen LogP contribution in [0.2, 0.25) is 0 Å². The first-order chi connectivity index (χ1) is 16.0. The lowest BCUT2D eigenvalue weighted by molar-refractivity contribution is 0.295. The Kier molecular flexibility index (Phi) is 7.70. The third kappa shape index (κ3) is 6.14. The molecule has 0 atom stereocenters. The smallest absolute Gasteiger partial charge is 0.311 e. The molecule has 0 spiro atoms. The molecule has 1 aliphatic heterocycles. The van der Waals surface area contributed by atoms with Gasteiger partial charge in [-0.25, -0.2) is 13.1 Å². The van der Waals surface area contributed by atoms with Crippen molar-refractivity contribution in [3.8, 4) is 5.75 Å². The van der Waals surface area contributed by atoms with Crippen molar-refractivity contribution in [1.82, 2.24) is 14.1 Å². The standard InChI is InChI=1S/C24H34N4O4S/c1-2-3-7-16-32-23-22(17-25-28(24(23)29)18-20-10-11-20)26-12-14-27(15-13-26)33(30,31)19-21-8-5-4-6-9-21/h4-6,8-9,17,20H,2-3,7,10-16,18-19H2,1H3. The molecule has 0 unspecified atom stereocenters. The number of sulfonamides is 1. The second kappa shape index (κ2) is 10.7. The van der Waals surface area contributed by atoms with Crippen LogP contribution < -0.4 is 15.2 Å². The largest absolute Gasteiger partial charge is 0.486 e. The Morgan fingerprint density at radius 2 is 1.79 bits per heavy atom. The Labute approximate surface area is 196 Å². The quantitative estimate of drug-likeness (QED) is 0.466. The number of aromatic nitrogens is 2. The van der Waals surface area contributed by atoms with Crippen molar-refractivity contribution in [3.05, 3.63) is 52.4 Å². The van der Waals surface area contributed by atoms with E-state index in [0.717, 1.165) is 37.7 Å². The predicted molar refractivity (Wildman–Crippen MR) is 129 cm³/mol. The second-order valence-corrected chi connectivity index (χ2v) is 10.9. The number of nitrogens with zero attached hydrogens (tertiary/aromatic N) is 4. The van der Waals surface area contributed by atoms with Gasteiger partial charge in [0.2, 0.25) is 15.8 Å². The highest BCUT2D eigenvalue weighted by atomic mass is 32.2. The first-order valence-electron chi connectivity index (χ1n) is 12.0. The number of anilines is 1. The molecule has 8 nitrogen and oxygen atoms in total. The third-order valence-corrected chi connectivity index (χ3v) is 8.12. The van der Waals surface area contributed by atoms with Crippen LogP contribution in [0.25, 0.3) is 0 Å². The minimum atomic E-state index is -3.40. The lowest BCUT2D eigenvalue weighted by Gasteiger charge is -2.35. The van der Waals surface area contributed by atoms with Crippen LogP contribution in [0.1, 0.15) is 44.6 Å². The van der Waals surface area contributed by atoms with Crippen LogP contribution >= 0.6 is 0 Å². The van der Waals surface area contributed by atoms with Gasteiger partial charge in [0, 0.05) is 32.7 Å². The zero-order valence-electron chi connectivity index (χ0n) is 19.4. The van der Waals surface area contributed by atoms with Crippen LogP contribution in [0.15, 0.2) is 41.3 Å². The van der Waals surface area contributed by atoms with E-state index in [-0.39, 0.29) is 11.3 Å². The lowest BCUT2D eigenvalue weighted by atomic mass is 10.2. The fourth-order valence-electron chi connectivity index (χ4n) is 4.11. The second-order valence-electron chi connectivity index (χ2n) is 8.97. The molecule has 180 valence electrons. The molecule has 0 radical (unpaired) electrons. The summed E-state index contributed by atoms with van der Waals surface area (Å²) < 4.78 is 34.8. The fourth-order valence-corrected chi connectivity index (χ4v) is 5.62. The van der Waals surface area contributed by atoms with Crippen LogP contribution in [0.3, 0.4) is 0 Å². The predicted octanol–water partition coefficient (Wildman–Crippen LogP) is 2.87. The summed E-state index contributed by atoms with van der Waals surface area (Å²) in [5.41, 5.74) is 1.27. The van der Waals surface area contributed by atoms with Gasteiger partial charge >= 0.3 is 5.56 Å². The van der Waals surface area contributed by atoms with Crippen LogP contribution in [-0.4, -0.2) is 55.3 Å². The number of hydrogen-bond acceptors (Lipinski definition) is 6. The van der Waals surface area contributed by atoms with Crippen molar-refractivity contribution in [2.24, 2.45) is 5.92 Å². The molecule has 2 heterocycles. The Balaban J connectivity index is 1.46. The van der Waals surface area contributed by atoms with Crippen LogP contribution in [0.5, 0.6) is 5.75 Å². The van der Waals surface area contributed by atoms with Crippen LogP contribution in [-0.2, 0) is 22.3 Å². The van der Waals surface area contributed by atoms with Gasteiger partial charge in [0.05, 0.1) is 18.6 Å². The van der Waals surface area contributed by atoms with Gasteiger partial charge in [0.25, 0.3) is 0 Å². The van der Waals surface area contributed by atoms with Crippen molar-refractivity contribution < 1.29 is 13.2 Å². The van der Waals surface area contributed by atoms with E-state index < -0.39 is 10.0 Å². The molecule has 0 bridgehead atoms. The van der Waals surface area contributed by atoms with E-state index in [9.17, 15) is 13.2 Å². The highest BCUT2D eigenvalue weighted by Crippen LogP contribution is 2.31. The summed E-state index contributed by atoms with van der Waals surface area (Å²) in [5.74, 6) is 0.882. The van der Waals surface area contributed by atoms with Crippen molar-refractivity contribution in [2.75, 3.05) is 37.7 Å². The molecule has 1 saturated carbocycles. The van der Waals surface area contributed by atoms with Crippen molar-refractivity contribution in [3.63, 3.8) is 0 Å². The van der Waals surface area contributed by atoms with Gasteiger partial charge in [-0.05, 0) is 30.7 Å². The van der Waals surface area contributed by atoms with Gasteiger partial charge in [-0.2, -0.15) is 9.40 Å². The van der Waals surface area contributed by atoms with Gasteiger partial charge in [0.1, 0.15) is 5.69 Å². The molecule has 33 heavy (non-hydrogen) atoms. The molecule has 1 aromatic carbocycles. The van der Waals surface area contributed by atoms with E-state index in [4.69, 9.17) is 4.74 Å². The lowest BCUT2D eigenvalue weighted by Crippen LogP contribution is -2.49. The van der Waals surface area contributed by atoms with Crippen LogP contribution in [0.4, 0.5) is 5.69 Å². The Bertz CT molecular complexity index is 1080. The first-order valence-corrected chi connectivity index (χ1v) is 13.6. The van der Waals surface area contributed by atoms with Gasteiger partial charge in [-0.1, -0.05) is 50.1 Å². The average Bonchev–Trinajstić information content (AvgIpc) is 3.63. The molecule has 9 heteroatoms. The Morgan fingerprint density at radius 1 is 1.06 bits per heavy atom. The summed E-state index contributed by atoms with van der Waals surface area (Å²) in [6, 6.07) is 9.24. The maximum absolute atomic E-state index is 13.1. The number of rotatable bonds is 11. The topological polar surface area (TPSA) is 84.7 Å².